The maximum Gasteiger partial charge on any atom is 0.143 e. The number of pyridine rings is 1. The number of ether oxygens (including phenoxy) is 1. The van der Waals surface area contributed by atoms with E-state index in [2.05, 4.69) is 254 Å². The summed E-state index contributed by atoms with van der Waals surface area (Å²) in [6.07, 6.45) is 1.91. The van der Waals surface area contributed by atoms with Crippen molar-refractivity contribution in [3.63, 3.8) is 0 Å². The molecule has 4 heterocycles. The van der Waals surface area contributed by atoms with Crippen LogP contribution in [0.5, 0.6) is 11.5 Å². The van der Waals surface area contributed by atoms with E-state index in [1.807, 2.05) is 24.4 Å². The zero-order chi connectivity index (χ0) is 49.5. The molecule has 0 saturated carbocycles. The van der Waals surface area contributed by atoms with Crippen LogP contribution in [0.15, 0.2) is 229 Å². The van der Waals surface area contributed by atoms with Gasteiger partial charge in [0, 0.05) is 72.3 Å². The summed E-state index contributed by atoms with van der Waals surface area (Å²) in [7, 11) is 0. The molecular formula is C68H47N4O2Pt-3. The van der Waals surface area contributed by atoms with Gasteiger partial charge in [0.2, 0.25) is 0 Å². The normalized spacial score (nSPS) is 12.5. The first-order valence-corrected chi connectivity index (χ1v) is 25.1. The maximum atomic E-state index is 7.05. The third-order valence-electron chi connectivity index (χ3n) is 14.5. The Morgan fingerprint density at radius 1 is 0.493 bits per heavy atom. The van der Waals surface area contributed by atoms with Gasteiger partial charge in [-0.05, 0) is 79.7 Å². The number of furan rings is 1. The van der Waals surface area contributed by atoms with Crippen molar-refractivity contribution in [3.8, 4) is 50.7 Å². The van der Waals surface area contributed by atoms with Gasteiger partial charge in [0.15, 0.2) is 0 Å². The fourth-order valence-corrected chi connectivity index (χ4v) is 11.0. The van der Waals surface area contributed by atoms with Gasteiger partial charge in [0.05, 0.1) is 10.9 Å². The molecule has 14 rings (SSSR count). The van der Waals surface area contributed by atoms with E-state index in [-0.39, 0.29) is 26.5 Å². The molecule has 0 aliphatic carbocycles. The Labute approximate surface area is 450 Å². The molecule has 6 nitrogen and oxygen atoms in total. The van der Waals surface area contributed by atoms with E-state index < -0.39 is 0 Å². The molecule has 0 unspecified atom stereocenters. The van der Waals surface area contributed by atoms with Crippen LogP contribution in [0.3, 0.4) is 0 Å². The Morgan fingerprint density at radius 3 is 1.85 bits per heavy atom. The number of benzene rings is 10. The van der Waals surface area contributed by atoms with Crippen LogP contribution in [0.4, 0.5) is 22.7 Å². The zero-order valence-corrected chi connectivity index (χ0v) is 43.6. The number of aromatic nitrogens is 2. The number of fused-ring (bicyclic) bond motifs is 11. The molecule has 7 heteroatoms. The van der Waals surface area contributed by atoms with Gasteiger partial charge in [0.1, 0.15) is 17.0 Å². The van der Waals surface area contributed by atoms with Gasteiger partial charge >= 0.3 is 0 Å². The average Bonchev–Trinajstić information content (AvgIpc) is 4.13. The van der Waals surface area contributed by atoms with Crippen LogP contribution < -0.4 is 14.5 Å². The summed E-state index contributed by atoms with van der Waals surface area (Å²) >= 11 is 0. The van der Waals surface area contributed by atoms with Gasteiger partial charge in [-0.2, -0.15) is 12.1 Å². The second-order valence-corrected chi connectivity index (χ2v) is 20.0. The Balaban J connectivity index is 0.00000541. The predicted molar refractivity (Wildman–Crippen MR) is 304 cm³/mol. The van der Waals surface area contributed by atoms with Crippen molar-refractivity contribution >= 4 is 77.3 Å². The van der Waals surface area contributed by atoms with Crippen molar-refractivity contribution in [1.29, 1.82) is 0 Å². The minimum atomic E-state index is -0.105. The third-order valence-corrected chi connectivity index (χ3v) is 14.5. The van der Waals surface area contributed by atoms with Gasteiger partial charge in [0.25, 0.3) is 0 Å². The number of para-hydroxylation sites is 3. The molecule has 0 amide bonds. The predicted octanol–water partition coefficient (Wildman–Crippen LogP) is 18.3. The molecule has 0 atom stereocenters. The van der Waals surface area contributed by atoms with E-state index in [0.29, 0.717) is 11.5 Å². The second-order valence-electron chi connectivity index (χ2n) is 20.0. The van der Waals surface area contributed by atoms with Gasteiger partial charge < -0.3 is 23.5 Å². The topological polar surface area (TPSA) is 46.7 Å². The van der Waals surface area contributed by atoms with Gasteiger partial charge in [-0.15, -0.1) is 42.7 Å². The monoisotopic (exact) mass is 1150 g/mol. The van der Waals surface area contributed by atoms with Crippen molar-refractivity contribution in [2.45, 2.75) is 26.2 Å². The molecule has 364 valence electrons. The molecule has 0 N–H and O–H groups in total. The largest absolute Gasteiger partial charge is 0.509 e. The summed E-state index contributed by atoms with van der Waals surface area (Å²) in [6.45, 7) is 8.87. The van der Waals surface area contributed by atoms with Gasteiger partial charge in [-0.25, -0.2) is 4.98 Å². The fourth-order valence-electron chi connectivity index (χ4n) is 11.0. The minimum absolute atomic E-state index is 0. The smallest absolute Gasteiger partial charge is 0.143 e. The quantitative estimate of drug-likeness (QED) is 0.112. The van der Waals surface area contributed by atoms with Crippen molar-refractivity contribution in [2.75, 3.05) is 9.80 Å². The van der Waals surface area contributed by atoms with E-state index in [9.17, 15) is 0 Å². The van der Waals surface area contributed by atoms with Crippen LogP contribution in [0.1, 0.15) is 26.3 Å². The van der Waals surface area contributed by atoms with Crippen LogP contribution in [-0.4, -0.2) is 9.55 Å². The Kier molecular flexibility index (Phi) is 11.3. The maximum absolute atomic E-state index is 7.05. The average molecular weight is 1150 g/mol. The first-order chi connectivity index (χ1) is 36.3. The van der Waals surface area contributed by atoms with E-state index in [1.54, 1.807) is 0 Å². The molecule has 0 fully saturated rings. The van der Waals surface area contributed by atoms with Crippen LogP contribution in [0.25, 0.3) is 93.7 Å². The summed E-state index contributed by atoms with van der Waals surface area (Å²) < 4.78 is 16.1. The second kappa shape index (κ2) is 18.3. The van der Waals surface area contributed by atoms with Crippen LogP contribution in [-0.2, 0) is 26.5 Å². The molecule has 0 saturated heterocycles. The number of nitrogens with zero attached hydrogens (tertiary/aromatic N) is 4. The SMILES string of the molecule is CC(C)(C)c1ccnc(-n2c3[c-]c(Oc4[c-]c(N5[CH-]N(c6c(-c7ccccc7)cccc6-c6cccc(-c7ccccc7)c6)c6ccccc65)ccc4)ccc3c3oc4c5ccccc5c5ccccc5c4c32)c1.[Pt]. The Morgan fingerprint density at radius 2 is 1.09 bits per heavy atom. The summed E-state index contributed by atoms with van der Waals surface area (Å²) in [4.78, 5) is 9.57. The summed E-state index contributed by atoms with van der Waals surface area (Å²) in [5.74, 6) is 1.89. The molecule has 1 aliphatic rings. The first-order valence-electron chi connectivity index (χ1n) is 25.1. The molecule has 0 radical (unpaired) electrons. The van der Waals surface area contributed by atoms with E-state index in [0.717, 1.165) is 100.0 Å². The Bertz CT molecular complexity index is 4330. The summed E-state index contributed by atoms with van der Waals surface area (Å²) in [5.41, 5.74) is 15.3. The first kappa shape index (κ1) is 46.1. The van der Waals surface area contributed by atoms with Crippen LogP contribution in [0.2, 0.25) is 0 Å². The molecule has 13 aromatic rings. The van der Waals surface area contributed by atoms with Gasteiger partial charge in [-0.1, -0.05) is 189 Å². The van der Waals surface area contributed by atoms with Crippen molar-refractivity contribution in [2.24, 2.45) is 0 Å². The molecule has 10 aromatic carbocycles. The Hall–Kier alpha value is -8.70. The molecular weight excluding hydrogens is 1100 g/mol. The van der Waals surface area contributed by atoms with Crippen LogP contribution in [0, 0.1) is 18.8 Å². The standard InChI is InChI=1S/C68H47N4O2.Pt/c1-68(2,3)48-37-38-69-62(40-48)72-61-42-51(35-36-58(61)67-65(72)63-56-29-12-10-27-54(56)55-28-11-13-30-57(55)66(63)74-67)73-50-26-17-25-49(41-50)70-43-71(60-34-15-14-33-59(60)70)64-52(45-21-8-5-9-22-45)31-18-32-53(64)47-24-16-23-46(39-47)44-19-6-4-7-20-44;/h4-40,43H,1-3H3;/q-3;. The third kappa shape index (κ3) is 7.79. The van der Waals surface area contributed by atoms with Crippen molar-refractivity contribution in [1.82, 2.24) is 9.55 Å². The molecule has 0 bridgehead atoms. The summed E-state index contributed by atoms with van der Waals surface area (Å²) in [6, 6.07) is 84.1. The van der Waals surface area contributed by atoms with E-state index in [4.69, 9.17) is 14.1 Å². The zero-order valence-electron chi connectivity index (χ0n) is 41.4. The molecule has 75 heavy (non-hydrogen) atoms. The molecule has 0 spiro atoms. The summed E-state index contributed by atoms with van der Waals surface area (Å²) in [5, 5.41) is 6.48. The fraction of sp³-hybridized carbons (Fsp3) is 0.0588. The number of hydrogen-bond acceptors (Lipinski definition) is 5. The van der Waals surface area contributed by atoms with Crippen LogP contribution >= 0.6 is 0 Å². The van der Waals surface area contributed by atoms with Crippen molar-refractivity contribution < 1.29 is 30.2 Å². The van der Waals surface area contributed by atoms with E-state index in [1.165, 1.54) is 22.1 Å². The number of hydrogen-bond donors (Lipinski definition) is 0. The van der Waals surface area contributed by atoms with Crippen molar-refractivity contribution in [3.05, 3.63) is 249 Å². The molecule has 1 aliphatic heterocycles. The minimum Gasteiger partial charge on any atom is -0.509 e. The number of rotatable bonds is 8. The molecule has 3 aromatic heterocycles. The number of anilines is 4. The van der Waals surface area contributed by atoms with E-state index >= 15 is 0 Å². The van der Waals surface area contributed by atoms with Gasteiger partial charge in [-0.3, -0.25) is 0 Å².